The number of phenols is 1. The van der Waals surface area contributed by atoms with E-state index >= 15 is 0 Å². The maximum Gasteiger partial charge on any atom is 0.168 e. The quantitative estimate of drug-likeness (QED) is 0.748. The minimum Gasteiger partial charge on any atom is -0.508 e. The highest BCUT2D eigenvalue weighted by Crippen LogP contribution is 2.20. The monoisotopic (exact) mass is 222 g/mol. The Labute approximate surface area is 93.5 Å². The van der Waals surface area contributed by atoms with Crippen molar-refractivity contribution in [3.05, 3.63) is 29.3 Å². The predicted molar refractivity (Wildman–Crippen MR) is 58.5 cm³/mol. The molecule has 0 radical (unpaired) electrons. The Balaban J connectivity index is 2.97. The zero-order valence-electron chi connectivity index (χ0n) is 9.23. The number of carbonyl (C=O) groups excluding carboxylic acids is 2. The molecule has 0 amide bonds. The Kier molecular flexibility index (Phi) is 3.44. The van der Waals surface area contributed by atoms with Crippen molar-refractivity contribution >= 4 is 12.1 Å². The van der Waals surface area contributed by atoms with Crippen LogP contribution in [0.5, 0.6) is 5.75 Å². The number of Topliss-reactive ketones (excluding diaryl/α,β-unsaturated/α-hetero) is 1. The first kappa shape index (κ1) is 12.4. The number of phenolic OH excluding ortho intramolecular Hbond substituents is 1. The van der Waals surface area contributed by atoms with Crippen LogP contribution >= 0.6 is 0 Å². The van der Waals surface area contributed by atoms with Gasteiger partial charge in [0.1, 0.15) is 17.6 Å². The third-order valence-electron chi connectivity index (χ3n) is 2.27. The van der Waals surface area contributed by atoms with E-state index in [9.17, 15) is 19.8 Å². The number of aromatic hydroxyl groups is 1. The van der Waals surface area contributed by atoms with E-state index in [1.807, 2.05) is 0 Å². The van der Waals surface area contributed by atoms with Gasteiger partial charge in [-0.2, -0.15) is 0 Å². The van der Waals surface area contributed by atoms with Crippen LogP contribution in [0.25, 0.3) is 0 Å². The van der Waals surface area contributed by atoms with Gasteiger partial charge in [-0.15, -0.1) is 0 Å². The summed E-state index contributed by atoms with van der Waals surface area (Å²) in [6.07, 6.45) is 0.536. The third kappa shape index (κ3) is 2.90. The van der Waals surface area contributed by atoms with Crippen molar-refractivity contribution in [3.63, 3.8) is 0 Å². The molecule has 0 aliphatic heterocycles. The molecule has 0 aliphatic carbocycles. The maximum atomic E-state index is 11.5. The molecule has 86 valence electrons. The number of benzene rings is 1. The van der Waals surface area contributed by atoms with Crippen LogP contribution < -0.4 is 0 Å². The summed E-state index contributed by atoms with van der Waals surface area (Å²) in [7, 11) is 0. The smallest absolute Gasteiger partial charge is 0.168 e. The van der Waals surface area contributed by atoms with Gasteiger partial charge in [-0.05, 0) is 32.0 Å². The van der Waals surface area contributed by atoms with Crippen LogP contribution in [0.3, 0.4) is 0 Å². The number of hydrogen-bond acceptors (Lipinski definition) is 4. The number of ketones is 1. The first-order chi connectivity index (χ1) is 7.34. The Hall–Kier alpha value is -1.68. The van der Waals surface area contributed by atoms with Gasteiger partial charge in [0.05, 0.1) is 0 Å². The molecule has 0 aliphatic rings. The van der Waals surface area contributed by atoms with Gasteiger partial charge in [-0.3, -0.25) is 9.59 Å². The van der Waals surface area contributed by atoms with Crippen LogP contribution in [-0.4, -0.2) is 27.9 Å². The lowest BCUT2D eigenvalue weighted by molar-refractivity contribution is -0.133. The molecule has 0 fully saturated rings. The van der Waals surface area contributed by atoms with Crippen LogP contribution in [-0.2, 0) is 11.2 Å². The average molecular weight is 222 g/mol. The molecule has 1 aromatic carbocycles. The number of aliphatic hydroxyl groups is 1. The van der Waals surface area contributed by atoms with Crippen molar-refractivity contribution in [1.29, 1.82) is 0 Å². The second kappa shape index (κ2) is 4.45. The second-order valence-corrected chi connectivity index (χ2v) is 4.16. The first-order valence-electron chi connectivity index (χ1n) is 4.87. The lowest BCUT2D eigenvalue weighted by atomic mass is 9.96. The van der Waals surface area contributed by atoms with Gasteiger partial charge < -0.3 is 10.2 Å². The number of aldehydes is 1. The van der Waals surface area contributed by atoms with E-state index in [1.54, 1.807) is 0 Å². The summed E-state index contributed by atoms with van der Waals surface area (Å²) in [5, 5.41) is 19.0. The Morgan fingerprint density at radius 1 is 1.44 bits per heavy atom. The molecule has 0 bridgehead atoms. The molecule has 1 rings (SSSR count). The fourth-order valence-corrected chi connectivity index (χ4v) is 1.21. The molecule has 1 aromatic rings. The molecule has 2 N–H and O–H groups in total. The molecule has 16 heavy (non-hydrogen) atoms. The van der Waals surface area contributed by atoms with Crippen LogP contribution in [0.2, 0.25) is 0 Å². The summed E-state index contributed by atoms with van der Waals surface area (Å²) in [6, 6.07) is 4.25. The molecule has 4 heteroatoms. The molecular formula is C12H14O4. The van der Waals surface area contributed by atoms with Crippen molar-refractivity contribution in [2.75, 3.05) is 0 Å². The van der Waals surface area contributed by atoms with E-state index in [0.29, 0.717) is 17.4 Å². The number of hydrogen-bond donors (Lipinski definition) is 2. The zero-order valence-corrected chi connectivity index (χ0v) is 9.23. The highest BCUT2D eigenvalue weighted by molar-refractivity contribution is 5.89. The Morgan fingerprint density at radius 2 is 2.06 bits per heavy atom. The van der Waals surface area contributed by atoms with Gasteiger partial charge >= 0.3 is 0 Å². The van der Waals surface area contributed by atoms with Crippen LogP contribution in [0, 0.1) is 0 Å². The molecule has 0 aromatic heterocycles. The summed E-state index contributed by atoms with van der Waals surface area (Å²) in [4.78, 5) is 22.1. The normalized spacial score (nSPS) is 11.2. The maximum absolute atomic E-state index is 11.5. The van der Waals surface area contributed by atoms with Crippen molar-refractivity contribution in [2.45, 2.75) is 25.9 Å². The van der Waals surface area contributed by atoms with Crippen molar-refractivity contribution in [1.82, 2.24) is 0 Å². The van der Waals surface area contributed by atoms with Crippen molar-refractivity contribution < 1.29 is 19.8 Å². The summed E-state index contributed by atoms with van der Waals surface area (Å²) >= 11 is 0. The molecule has 0 unspecified atom stereocenters. The summed E-state index contributed by atoms with van der Waals surface area (Å²) in [5.41, 5.74) is -0.711. The van der Waals surface area contributed by atoms with Gasteiger partial charge in [0.2, 0.25) is 0 Å². The minimum absolute atomic E-state index is 0.0526. The summed E-state index contributed by atoms with van der Waals surface area (Å²) in [6.45, 7) is 2.77. The van der Waals surface area contributed by atoms with Gasteiger partial charge in [0.15, 0.2) is 5.78 Å². The van der Waals surface area contributed by atoms with Crippen LogP contribution in [0.4, 0.5) is 0 Å². The van der Waals surface area contributed by atoms with E-state index in [4.69, 9.17) is 0 Å². The highest BCUT2D eigenvalue weighted by Gasteiger charge is 2.24. The predicted octanol–water partition coefficient (Wildman–Crippen LogP) is 1.09. The average Bonchev–Trinajstić information content (AvgIpc) is 2.19. The van der Waals surface area contributed by atoms with Crippen LogP contribution in [0.1, 0.15) is 29.8 Å². The van der Waals surface area contributed by atoms with Gasteiger partial charge in [-0.25, -0.2) is 0 Å². The van der Waals surface area contributed by atoms with E-state index in [-0.39, 0.29) is 12.2 Å². The molecule has 0 spiro atoms. The molecule has 0 heterocycles. The lowest BCUT2D eigenvalue weighted by Crippen LogP contribution is -2.32. The van der Waals surface area contributed by atoms with Gasteiger partial charge in [-0.1, -0.05) is 0 Å². The third-order valence-corrected chi connectivity index (χ3v) is 2.27. The second-order valence-electron chi connectivity index (χ2n) is 4.16. The summed E-state index contributed by atoms with van der Waals surface area (Å²) in [5.74, 6) is -0.464. The Bertz CT molecular complexity index is 416. The standard InChI is InChI=1S/C12H14O4/c1-12(2,16)11(15)6-9-5-8(7-13)3-4-10(9)14/h3-5,7,14,16H,6H2,1-2H3. The molecule has 4 nitrogen and oxygen atoms in total. The van der Waals surface area contributed by atoms with Gasteiger partial charge in [0, 0.05) is 17.5 Å². The molecule has 0 saturated heterocycles. The van der Waals surface area contributed by atoms with Crippen LogP contribution in [0.15, 0.2) is 18.2 Å². The lowest BCUT2D eigenvalue weighted by Gasteiger charge is -2.15. The van der Waals surface area contributed by atoms with Crippen molar-refractivity contribution in [3.8, 4) is 5.75 Å². The Morgan fingerprint density at radius 3 is 2.56 bits per heavy atom. The first-order valence-corrected chi connectivity index (χ1v) is 4.87. The molecule has 0 atom stereocenters. The molecular weight excluding hydrogens is 208 g/mol. The fraction of sp³-hybridized carbons (Fsp3) is 0.333. The zero-order chi connectivity index (χ0) is 12.3. The van der Waals surface area contributed by atoms with E-state index in [0.717, 1.165) is 0 Å². The SMILES string of the molecule is CC(C)(O)C(=O)Cc1cc(C=O)ccc1O. The van der Waals surface area contributed by atoms with E-state index in [2.05, 4.69) is 0 Å². The van der Waals surface area contributed by atoms with E-state index < -0.39 is 11.4 Å². The fourth-order valence-electron chi connectivity index (χ4n) is 1.21. The minimum atomic E-state index is -1.44. The van der Waals surface area contributed by atoms with Crippen molar-refractivity contribution in [2.24, 2.45) is 0 Å². The number of rotatable bonds is 4. The van der Waals surface area contributed by atoms with E-state index in [1.165, 1.54) is 32.0 Å². The summed E-state index contributed by atoms with van der Waals surface area (Å²) < 4.78 is 0. The molecule has 0 saturated carbocycles. The largest absolute Gasteiger partial charge is 0.508 e. The highest BCUT2D eigenvalue weighted by atomic mass is 16.3. The number of carbonyl (C=O) groups is 2. The topological polar surface area (TPSA) is 74.6 Å². The van der Waals surface area contributed by atoms with Gasteiger partial charge in [0.25, 0.3) is 0 Å².